The van der Waals surface area contributed by atoms with Gasteiger partial charge in [-0.25, -0.2) is 9.78 Å². The van der Waals surface area contributed by atoms with Crippen LogP contribution in [0.2, 0.25) is 0 Å². The maximum Gasteiger partial charge on any atom is 0.336 e. The van der Waals surface area contributed by atoms with Gasteiger partial charge < -0.3 is 4.42 Å². The summed E-state index contributed by atoms with van der Waals surface area (Å²) in [6.07, 6.45) is 6.02. The second-order valence-corrected chi connectivity index (χ2v) is 10.3. The van der Waals surface area contributed by atoms with Crippen molar-refractivity contribution in [2.24, 2.45) is 0 Å². The van der Waals surface area contributed by atoms with Crippen molar-refractivity contribution in [1.29, 1.82) is 0 Å². The molecule has 0 bridgehead atoms. The number of fused-ring (bicyclic) bond motifs is 4. The normalized spacial score (nSPS) is 13.6. The second kappa shape index (κ2) is 8.37. The van der Waals surface area contributed by atoms with Crippen LogP contribution in [0.25, 0.3) is 21.2 Å². The number of benzene rings is 1. The number of allylic oxidation sites excluding steroid dienone is 1. The van der Waals surface area contributed by atoms with Crippen LogP contribution in [-0.4, -0.2) is 9.55 Å². The Balaban J connectivity index is 1.60. The number of aromatic nitrogens is 2. The quantitative estimate of drug-likeness (QED) is 0.168. The number of thioether (sulfide) groups is 1. The first-order chi connectivity index (χ1) is 15.5. The van der Waals surface area contributed by atoms with Crippen LogP contribution in [0.4, 0.5) is 0 Å². The van der Waals surface area contributed by atoms with Crippen molar-refractivity contribution in [2.75, 3.05) is 0 Å². The van der Waals surface area contributed by atoms with E-state index in [1.165, 1.54) is 28.6 Å². The summed E-state index contributed by atoms with van der Waals surface area (Å²) in [6, 6.07) is 5.58. The Bertz CT molecular complexity index is 1490. The Morgan fingerprint density at radius 2 is 2.06 bits per heavy atom. The Labute approximate surface area is 193 Å². The fourth-order valence-corrected chi connectivity index (χ4v) is 6.71. The van der Waals surface area contributed by atoms with Gasteiger partial charge >= 0.3 is 5.63 Å². The number of rotatable bonds is 5. The van der Waals surface area contributed by atoms with E-state index in [-0.39, 0.29) is 11.2 Å². The van der Waals surface area contributed by atoms with E-state index < -0.39 is 0 Å². The van der Waals surface area contributed by atoms with E-state index in [4.69, 9.17) is 9.40 Å². The van der Waals surface area contributed by atoms with Gasteiger partial charge in [-0.1, -0.05) is 30.0 Å². The van der Waals surface area contributed by atoms with Crippen LogP contribution in [-0.2, 0) is 25.1 Å². The van der Waals surface area contributed by atoms with E-state index in [1.54, 1.807) is 28.0 Å². The first kappa shape index (κ1) is 21.2. The van der Waals surface area contributed by atoms with Crippen molar-refractivity contribution in [3.63, 3.8) is 0 Å². The van der Waals surface area contributed by atoms with Crippen molar-refractivity contribution in [3.8, 4) is 0 Å². The third-order valence-electron chi connectivity index (χ3n) is 6.23. The molecule has 1 aliphatic rings. The van der Waals surface area contributed by atoms with E-state index in [2.05, 4.69) is 6.58 Å². The third kappa shape index (κ3) is 3.53. The van der Waals surface area contributed by atoms with Gasteiger partial charge in [0.25, 0.3) is 5.56 Å². The molecule has 0 amide bonds. The predicted molar refractivity (Wildman–Crippen MR) is 132 cm³/mol. The smallest absolute Gasteiger partial charge is 0.336 e. The zero-order valence-corrected chi connectivity index (χ0v) is 19.8. The van der Waals surface area contributed by atoms with Crippen LogP contribution in [0.3, 0.4) is 0 Å². The molecule has 0 saturated heterocycles. The van der Waals surface area contributed by atoms with Gasteiger partial charge in [0, 0.05) is 28.6 Å². The van der Waals surface area contributed by atoms with Crippen molar-refractivity contribution >= 4 is 44.3 Å². The maximum absolute atomic E-state index is 13.4. The van der Waals surface area contributed by atoms with Crippen LogP contribution >= 0.6 is 23.1 Å². The number of thiophene rings is 1. The largest absolute Gasteiger partial charge is 0.422 e. The average molecular weight is 465 g/mol. The molecule has 0 saturated carbocycles. The molecule has 4 aromatic rings. The minimum atomic E-state index is -0.361. The standard InChI is InChI=1S/C25H24N2O3S2/c1-4-11-27-24(29)21-18-7-5-6-8-19(18)32-23(21)26-25(27)31-13-16-12-20(28)30-22-15(3)14(2)9-10-17(16)22/h4,9-10,12H,1,5-8,11,13H2,2-3H3. The minimum Gasteiger partial charge on any atom is -0.422 e. The highest BCUT2D eigenvalue weighted by Crippen LogP contribution is 2.35. The summed E-state index contributed by atoms with van der Waals surface area (Å²) in [7, 11) is 0. The molecule has 0 atom stereocenters. The van der Waals surface area contributed by atoms with Gasteiger partial charge in [0.15, 0.2) is 5.16 Å². The monoisotopic (exact) mass is 464 g/mol. The van der Waals surface area contributed by atoms with Crippen molar-refractivity contribution in [1.82, 2.24) is 9.55 Å². The van der Waals surface area contributed by atoms with E-state index in [0.717, 1.165) is 51.6 Å². The molecule has 0 spiro atoms. The Morgan fingerprint density at radius 1 is 1.25 bits per heavy atom. The topological polar surface area (TPSA) is 65.1 Å². The first-order valence-corrected chi connectivity index (χ1v) is 12.6. The highest BCUT2D eigenvalue weighted by atomic mass is 32.2. The van der Waals surface area contributed by atoms with Crippen molar-refractivity contribution < 1.29 is 4.42 Å². The Kier molecular flexibility index (Phi) is 5.55. The SMILES string of the molecule is C=CCn1c(SCc2cc(=O)oc3c(C)c(C)ccc23)nc2sc3c(c2c1=O)CCCC3. The molecule has 0 fully saturated rings. The van der Waals surface area contributed by atoms with Gasteiger partial charge in [0.05, 0.1) is 5.39 Å². The van der Waals surface area contributed by atoms with Crippen LogP contribution in [0.5, 0.6) is 0 Å². The van der Waals surface area contributed by atoms with Crippen LogP contribution in [0.15, 0.2) is 50.0 Å². The summed E-state index contributed by atoms with van der Waals surface area (Å²) in [6.45, 7) is 8.21. The van der Waals surface area contributed by atoms with Crippen LogP contribution in [0, 0.1) is 13.8 Å². The number of hydrogen-bond donors (Lipinski definition) is 0. The van der Waals surface area contributed by atoms with Gasteiger partial charge in [0.2, 0.25) is 0 Å². The van der Waals surface area contributed by atoms with E-state index in [1.807, 2.05) is 26.0 Å². The average Bonchev–Trinajstić information content (AvgIpc) is 3.15. The molecule has 1 aliphatic carbocycles. The summed E-state index contributed by atoms with van der Waals surface area (Å²) in [4.78, 5) is 32.7. The van der Waals surface area contributed by atoms with Gasteiger partial charge in [0.1, 0.15) is 10.4 Å². The molecule has 3 aromatic heterocycles. The maximum atomic E-state index is 13.4. The summed E-state index contributed by atoms with van der Waals surface area (Å²) in [5.74, 6) is 0.519. The lowest BCUT2D eigenvalue weighted by Crippen LogP contribution is -2.23. The molecule has 3 heterocycles. The van der Waals surface area contributed by atoms with E-state index in [0.29, 0.717) is 23.0 Å². The lowest BCUT2D eigenvalue weighted by atomic mass is 9.97. The first-order valence-electron chi connectivity index (χ1n) is 10.8. The van der Waals surface area contributed by atoms with Gasteiger partial charge in [-0.2, -0.15) is 0 Å². The van der Waals surface area contributed by atoms with Crippen molar-refractivity contribution in [3.05, 3.63) is 78.8 Å². The Morgan fingerprint density at radius 3 is 2.88 bits per heavy atom. The molecule has 164 valence electrons. The molecule has 32 heavy (non-hydrogen) atoms. The molecule has 7 heteroatoms. The highest BCUT2D eigenvalue weighted by Gasteiger charge is 2.22. The molecule has 0 N–H and O–H groups in total. The van der Waals surface area contributed by atoms with Gasteiger partial charge in [-0.15, -0.1) is 17.9 Å². The molecule has 0 radical (unpaired) electrons. The number of nitrogens with zero attached hydrogens (tertiary/aromatic N) is 2. The zero-order chi connectivity index (χ0) is 22.4. The Hall–Kier alpha value is -2.64. The van der Waals surface area contributed by atoms with Crippen LogP contribution < -0.4 is 11.2 Å². The number of hydrogen-bond acceptors (Lipinski definition) is 6. The summed E-state index contributed by atoms with van der Waals surface area (Å²) < 4.78 is 7.22. The van der Waals surface area contributed by atoms with E-state index in [9.17, 15) is 9.59 Å². The lowest BCUT2D eigenvalue weighted by molar-refractivity contribution is 0.557. The molecule has 0 unspecified atom stereocenters. The minimum absolute atomic E-state index is 0.0145. The summed E-state index contributed by atoms with van der Waals surface area (Å²) >= 11 is 3.14. The lowest BCUT2D eigenvalue weighted by Gasteiger charge is -2.13. The molecular weight excluding hydrogens is 440 g/mol. The van der Waals surface area contributed by atoms with Crippen molar-refractivity contribution in [2.45, 2.75) is 57.0 Å². The third-order valence-corrected chi connectivity index (χ3v) is 8.44. The molecule has 1 aromatic carbocycles. The summed E-state index contributed by atoms with van der Waals surface area (Å²) in [5.41, 5.74) is 4.42. The van der Waals surface area contributed by atoms with Crippen LogP contribution in [0.1, 0.15) is 40.0 Å². The highest BCUT2D eigenvalue weighted by molar-refractivity contribution is 7.98. The fourth-order valence-electron chi connectivity index (χ4n) is 4.41. The van der Waals surface area contributed by atoms with Gasteiger partial charge in [-0.05, 0) is 61.8 Å². The molecule has 5 rings (SSSR count). The fraction of sp³-hybridized carbons (Fsp3) is 0.320. The van der Waals surface area contributed by atoms with E-state index >= 15 is 0 Å². The zero-order valence-electron chi connectivity index (χ0n) is 18.2. The molecule has 0 aliphatic heterocycles. The summed E-state index contributed by atoms with van der Waals surface area (Å²) in [5, 5.41) is 2.37. The molecular formula is C25H24N2O3S2. The molecule has 5 nitrogen and oxygen atoms in total. The number of aryl methyl sites for hydroxylation is 4. The second-order valence-electron chi connectivity index (χ2n) is 8.25. The predicted octanol–water partition coefficient (Wildman–Crippen LogP) is 5.54. The van der Waals surface area contributed by atoms with Gasteiger partial charge in [-0.3, -0.25) is 9.36 Å².